The van der Waals surface area contributed by atoms with Crippen LogP contribution in [0.4, 0.5) is 5.69 Å². The lowest BCUT2D eigenvalue weighted by atomic mass is 10.3. The Morgan fingerprint density at radius 3 is 2.71 bits per heavy atom. The highest BCUT2D eigenvalue weighted by Gasteiger charge is 2.14. The van der Waals surface area contributed by atoms with Gasteiger partial charge in [-0.2, -0.15) is 0 Å². The predicted molar refractivity (Wildman–Crippen MR) is 56.6 cm³/mol. The Morgan fingerprint density at radius 1 is 1.50 bits per heavy atom. The van der Waals surface area contributed by atoms with Crippen molar-refractivity contribution in [3.63, 3.8) is 0 Å². The van der Waals surface area contributed by atoms with E-state index in [2.05, 4.69) is 5.32 Å². The second kappa shape index (κ2) is 5.62. The summed E-state index contributed by atoms with van der Waals surface area (Å²) in [4.78, 5) is 11.4. The quantitative estimate of drug-likeness (QED) is 0.776. The first-order valence-corrected chi connectivity index (χ1v) is 4.66. The van der Waals surface area contributed by atoms with Crippen molar-refractivity contribution >= 4 is 23.2 Å². The molecule has 1 N–H and O–H groups in total. The van der Waals surface area contributed by atoms with Crippen molar-refractivity contribution < 1.29 is 9.53 Å². The molecule has 1 atom stereocenters. The molecule has 0 aliphatic carbocycles. The molecule has 76 valence electrons. The summed E-state index contributed by atoms with van der Waals surface area (Å²) in [5.41, 5.74) is 0.735. The van der Waals surface area contributed by atoms with Gasteiger partial charge >= 0.3 is 0 Å². The summed E-state index contributed by atoms with van der Waals surface area (Å²) in [5.74, 6) is -0.250. The SMILES string of the molecule is COCC(Cl)C(=O)Nc1ccccc1. The van der Waals surface area contributed by atoms with Crippen LogP contribution in [-0.2, 0) is 9.53 Å². The van der Waals surface area contributed by atoms with Crippen LogP contribution in [0.1, 0.15) is 0 Å². The zero-order chi connectivity index (χ0) is 10.4. The van der Waals surface area contributed by atoms with Crippen LogP contribution in [0, 0.1) is 0 Å². The van der Waals surface area contributed by atoms with Crippen LogP contribution in [0.3, 0.4) is 0 Å². The Kier molecular flexibility index (Phi) is 4.43. The number of halogens is 1. The highest BCUT2D eigenvalue weighted by atomic mass is 35.5. The number of anilines is 1. The lowest BCUT2D eigenvalue weighted by Crippen LogP contribution is -2.26. The smallest absolute Gasteiger partial charge is 0.244 e. The second-order valence-electron chi connectivity index (χ2n) is 2.78. The van der Waals surface area contributed by atoms with Crippen LogP contribution < -0.4 is 5.32 Å². The minimum Gasteiger partial charge on any atom is -0.383 e. The average Bonchev–Trinajstić information content (AvgIpc) is 2.19. The molecule has 0 bridgehead atoms. The largest absolute Gasteiger partial charge is 0.383 e. The van der Waals surface area contributed by atoms with Gasteiger partial charge in [0.15, 0.2) is 0 Å². The summed E-state index contributed by atoms with van der Waals surface area (Å²) in [7, 11) is 1.51. The molecule has 1 amide bonds. The van der Waals surface area contributed by atoms with E-state index in [0.29, 0.717) is 0 Å². The van der Waals surface area contributed by atoms with Gasteiger partial charge in [0.05, 0.1) is 6.61 Å². The van der Waals surface area contributed by atoms with Crippen LogP contribution >= 0.6 is 11.6 Å². The van der Waals surface area contributed by atoms with Gasteiger partial charge in [0.2, 0.25) is 5.91 Å². The maximum atomic E-state index is 11.4. The number of amides is 1. The summed E-state index contributed by atoms with van der Waals surface area (Å²) in [6, 6.07) is 9.16. The number of alkyl halides is 1. The summed E-state index contributed by atoms with van der Waals surface area (Å²) in [6.45, 7) is 0.209. The lowest BCUT2D eigenvalue weighted by Gasteiger charge is -2.08. The topological polar surface area (TPSA) is 38.3 Å². The summed E-state index contributed by atoms with van der Waals surface area (Å²) >= 11 is 5.74. The molecule has 0 heterocycles. The van der Waals surface area contributed by atoms with Gasteiger partial charge in [0, 0.05) is 12.8 Å². The zero-order valence-electron chi connectivity index (χ0n) is 7.87. The summed E-state index contributed by atoms with van der Waals surface area (Å²) in [5, 5.41) is 2.02. The number of carbonyl (C=O) groups excluding carboxylic acids is 1. The third kappa shape index (κ3) is 3.36. The van der Waals surface area contributed by atoms with Gasteiger partial charge in [-0.3, -0.25) is 4.79 Å². The Bertz CT molecular complexity index is 289. The molecular formula is C10H12ClNO2. The second-order valence-corrected chi connectivity index (χ2v) is 3.30. The molecule has 0 fully saturated rings. The highest BCUT2D eigenvalue weighted by molar-refractivity contribution is 6.32. The predicted octanol–water partition coefficient (Wildman–Crippen LogP) is 1.88. The van der Waals surface area contributed by atoms with E-state index >= 15 is 0 Å². The number of hydrogen-bond acceptors (Lipinski definition) is 2. The van der Waals surface area contributed by atoms with Crippen LogP contribution in [0.15, 0.2) is 30.3 Å². The molecule has 0 saturated carbocycles. The molecule has 0 saturated heterocycles. The maximum Gasteiger partial charge on any atom is 0.244 e. The summed E-state index contributed by atoms with van der Waals surface area (Å²) in [6.07, 6.45) is 0. The number of carbonyl (C=O) groups is 1. The van der Waals surface area contributed by atoms with Crippen LogP contribution in [0.25, 0.3) is 0 Å². The number of ether oxygens (including phenoxy) is 1. The van der Waals surface area contributed by atoms with Gasteiger partial charge in [0.25, 0.3) is 0 Å². The third-order valence-corrected chi connectivity index (χ3v) is 1.96. The lowest BCUT2D eigenvalue weighted by molar-refractivity contribution is -0.116. The van der Waals surface area contributed by atoms with Gasteiger partial charge in [0.1, 0.15) is 5.38 Å². The number of benzene rings is 1. The molecular weight excluding hydrogens is 202 g/mol. The fourth-order valence-electron chi connectivity index (χ4n) is 0.964. The van der Waals surface area contributed by atoms with Crippen molar-refractivity contribution in [2.45, 2.75) is 5.38 Å². The molecule has 0 radical (unpaired) electrons. The van der Waals surface area contributed by atoms with Crippen LogP contribution in [-0.4, -0.2) is 25.0 Å². The van der Waals surface area contributed by atoms with Gasteiger partial charge in [-0.1, -0.05) is 18.2 Å². The molecule has 1 aromatic rings. The first-order chi connectivity index (χ1) is 6.74. The van der Waals surface area contributed by atoms with E-state index in [0.717, 1.165) is 5.69 Å². The Labute approximate surface area is 88.0 Å². The Hall–Kier alpha value is -1.06. The van der Waals surface area contributed by atoms with Crippen molar-refractivity contribution in [2.75, 3.05) is 19.0 Å². The van der Waals surface area contributed by atoms with Gasteiger partial charge < -0.3 is 10.1 Å². The van der Waals surface area contributed by atoms with Crippen molar-refractivity contribution in [1.29, 1.82) is 0 Å². The van der Waals surface area contributed by atoms with Crippen molar-refractivity contribution in [3.05, 3.63) is 30.3 Å². The average molecular weight is 214 g/mol. The molecule has 0 aliphatic rings. The molecule has 0 aromatic heterocycles. The minimum atomic E-state index is -0.653. The van der Waals surface area contributed by atoms with Gasteiger partial charge in [-0.25, -0.2) is 0 Å². The molecule has 4 heteroatoms. The van der Waals surface area contributed by atoms with Crippen molar-refractivity contribution in [3.8, 4) is 0 Å². The first kappa shape index (κ1) is 11.0. The monoisotopic (exact) mass is 213 g/mol. The van der Waals surface area contributed by atoms with E-state index in [4.69, 9.17) is 16.3 Å². The number of nitrogens with one attached hydrogen (secondary N) is 1. The molecule has 14 heavy (non-hydrogen) atoms. The van der Waals surface area contributed by atoms with E-state index in [1.54, 1.807) is 12.1 Å². The number of methoxy groups -OCH3 is 1. The molecule has 1 rings (SSSR count). The molecule has 0 aliphatic heterocycles. The summed E-state index contributed by atoms with van der Waals surface area (Å²) < 4.78 is 4.77. The molecule has 3 nitrogen and oxygen atoms in total. The standard InChI is InChI=1S/C10H12ClNO2/c1-14-7-9(11)10(13)12-8-5-3-2-4-6-8/h2-6,9H,7H2,1H3,(H,12,13). The number of para-hydroxylation sites is 1. The fourth-order valence-corrected chi connectivity index (χ4v) is 1.14. The zero-order valence-corrected chi connectivity index (χ0v) is 8.62. The van der Waals surface area contributed by atoms with E-state index in [1.165, 1.54) is 7.11 Å². The molecule has 1 aromatic carbocycles. The third-order valence-electron chi connectivity index (χ3n) is 1.64. The Balaban J connectivity index is 2.49. The van der Waals surface area contributed by atoms with E-state index < -0.39 is 5.38 Å². The van der Waals surface area contributed by atoms with Crippen LogP contribution in [0.5, 0.6) is 0 Å². The molecule has 1 unspecified atom stereocenters. The fraction of sp³-hybridized carbons (Fsp3) is 0.300. The minimum absolute atomic E-state index is 0.209. The molecule has 0 spiro atoms. The van der Waals surface area contributed by atoms with E-state index in [9.17, 15) is 4.79 Å². The number of rotatable bonds is 4. The first-order valence-electron chi connectivity index (χ1n) is 4.23. The maximum absolute atomic E-state index is 11.4. The van der Waals surface area contributed by atoms with E-state index in [1.807, 2.05) is 18.2 Å². The van der Waals surface area contributed by atoms with Gasteiger partial charge in [-0.05, 0) is 12.1 Å². The highest BCUT2D eigenvalue weighted by Crippen LogP contribution is 2.07. The normalized spacial score (nSPS) is 12.1. The van der Waals surface area contributed by atoms with Crippen molar-refractivity contribution in [1.82, 2.24) is 0 Å². The van der Waals surface area contributed by atoms with Gasteiger partial charge in [-0.15, -0.1) is 11.6 Å². The van der Waals surface area contributed by atoms with Crippen molar-refractivity contribution in [2.24, 2.45) is 0 Å². The Morgan fingerprint density at radius 2 is 2.14 bits per heavy atom. The number of hydrogen-bond donors (Lipinski definition) is 1. The van der Waals surface area contributed by atoms with Crippen LogP contribution in [0.2, 0.25) is 0 Å². The van der Waals surface area contributed by atoms with E-state index in [-0.39, 0.29) is 12.5 Å².